The third-order valence-corrected chi connectivity index (χ3v) is 13.8. The maximum Gasteiger partial charge on any atom is 0.333 e. The summed E-state index contributed by atoms with van der Waals surface area (Å²) in [5.74, 6) is -1.62. The molecule has 1 saturated carbocycles. The zero-order chi connectivity index (χ0) is 51.5. The van der Waals surface area contributed by atoms with Crippen LogP contribution in [-0.2, 0) is 28.6 Å². The molecule has 0 aliphatic heterocycles. The fourth-order valence-electron chi connectivity index (χ4n) is 10.8. The van der Waals surface area contributed by atoms with Crippen LogP contribution >= 0.6 is 0 Å². The lowest BCUT2D eigenvalue weighted by molar-refractivity contribution is -0.156. The number of esters is 3. The van der Waals surface area contributed by atoms with E-state index in [1.165, 1.54) is 72.8 Å². The average Bonchev–Trinajstić information content (AvgIpc) is 3.35. The molecule has 0 saturated heterocycles. The summed E-state index contributed by atoms with van der Waals surface area (Å²) < 4.78 is 16.2. The van der Waals surface area contributed by atoms with Gasteiger partial charge in [0, 0.05) is 58.4 Å². The summed E-state index contributed by atoms with van der Waals surface area (Å²) in [6.07, 6.45) is 4.99. The molecular formula is C63H75N3O6. The van der Waals surface area contributed by atoms with E-state index in [1.807, 2.05) is 0 Å². The first-order valence-electron chi connectivity index (χ1n) is 26.0. The molecule has 7 rings (SSSR count). The smallest absolute Gasteiger partial charge is 0.333 e. The van der Waals surface area contributed by atoms with Gasteiger partial charge in [-0.1, -0.05) is 117 Å². The molecule has 1 N–H and O–H groups in total. The summed E-state index contributed by atoms with van der Waals surface area (Å²) in [4.78, 5) is 42.1. The van der Waals surface area contributed by atoms with Crippen LogP contribution in [0, 0.1) is 41.5 Å². The van der Waals surface area contributed by atoms with Gasteiger partial charge in [0.05, 0.1) is 18.9 Å². The molecule has 72 heavy (non-hydrogen) atoms. The molecule has 0 spiro atoms. The lowest BCUT2D eigenvalue weighted by atomic mass is 9.82. The highest BCUT2D eigenvalue weighted by Gasteiger charge is 2.30. The number of hydrogen-bond acceptors (Lipinski definition) is 9. The SMILES string of the molecule is C=C(C)C(=O)OCCOC(=O)CCC(=O)OC1CCCCC1Nc1ccc(C(c2ccc(N(CCC)c3c(C)cc(C)cc3C)cc2)c2ccc(N(CCC)c3c(C)cc(C)cc3C)cc2)c2ccccc12. The number of hydrogen-bond donors (Lipinski definition) is 1. The number of aryl methyl sites for hydroxylation is 6. The first-order valence-corrected chi connectivity index (χ1v) is 26.0. The molecule has 6 aromatic rings. The van der Waals surface area contributed by atoms with E-state index >= 15 is 0 Å². The van der Waals surface area contributed by atoms with Gasteiger partial charge in [-0.25, -0.2) is 4.79 Å². The van der Waals surface area contributed by atoms with E-state index in [0.29, 0.717) is 0 Å². The molecule has 378 valence electrons. The number of ether oxygens (including phenoxy) is 3. The Kier molecular flexibility index (Phi) is 18.0. The third-order valence-electron chi connectivity index (χ3n) is 13.8. The summed E-state index contributed by atoms with van der Waals surface area (Å²) in [6.45, 7) is 24.5. The van der Waals surface area contributed by atoms with E-state index in [4.69, 9.17) is 14.2 Å². The molecule has 1 aliphatic carbocycles. The predicted molar refractivity (Wildman–Crippen MR) is 295 cm³/mol. The average molecular weight is 970 g/mol. The number of carbonyl (C=O) groups excluding carboxylic acids is 3. The highest BCUT2D eigenvalue weighted by atomic mass is 16.6. The number of anilines is 5. The summed E-state index contributed by atoms with van der Waals surface area (Å²) >= 11 is 0. The van der Waals surface area contributed by atoms with E-state index in [0.717, 1.165) is 68.1 Å². The molecule has 0 aromatic heterocycles. The molecule has 6 aromatic carbocycles. The van der Waals surface area contributed by atoms with E-state index < -0.39 is 17.9 Å². The summed E-state index contributed by atoms with van der Waals surface area (Å²) in [5.41, 5.74) is 17.5. The van der Waals surface area contributed by atoms with Gasteiger partial charge in [0.1, 0.15) is 19.3 Å². The maximum absolute atomic E-state index is 13.2. The van der Waals surface area contributed by atoms with Crippen LogP contribution in [0.15, 0.2) is 121 Å². The van der Waals surface area contributed by atoms with Crippen molar-refractivity contribution in [2.24, 2.45) is 0 Å². The predicted octanol–water partition coefficient (Wildman–Crippen LogP) is 14.7. The Balaban J connectivity index is 1.20. The highest BCUT2D eigenvalue weighted by Crippen LogP contribution is 2.42. The molecule has 1 aliphatic rings. The molecule has 1 fully saturated rings. The molecule has 9 nitrogen and oxygen atoms in total. The van der Waals surface area contributed by atoms with Crippen LogP contribution in [0.2, 0.25) is 0 Å². The van der Waals surface area contributed by atoms with Crippen LogP contribution in [0.25, 0.3) is 10.8 Å². The molecule has 0 bridgehead atoms. The van der Waals surface area contributed by atoms with Crippen LogP contribution < -0.4 is 15.1 Å². The standard InChI is InChI=1S/C63H75N3O6/c1-11-33-65(61-44(7)37-42(5)38-45(61)8)50-25-21-48(22-26-50)60(49-23-27-51(28-24-49)66(34-12-2)62-46(9)39-43(6)40-47(62)10)54-29-30-55(53-18-14-13-17-52(53)54)64-56-19-15-16-20-57(56)72-59(68)32-31-58(67)70-35-36-71-63(69)41(3)4/h13-14,17-18,21-30,37-40,56-57,60,64H,3,11-12,15-16,19-20,31-36H2,1-2,4-10H3. The van der Waals surface area contributed by atoms with Crippen LogP contribution in [0.1, 0.15) is 128 Å². The van der Waals surface area contributed by atoms with Crippen molar-refractivity contribution in [2.75, 3.05) is 41.4 Å². The second-order valence-electron chi connectivity index (χ2n) is 19.9. The van der Waals surface area contributed by atoms with Crippen molar-refractivity contribution in [2.45, 2.75) is 132 Å². The second-order valence-corrected chi connectivity index (χ2v) is 19.9. The van der Waals surface area contributed by atoms with E-state index in [2.05, 4.69) is 186 Å². The quantitative estimate of drug-likeness (QED) is 0.0249. The van der Waals surface area contributed by atoms with Gasteiger partial charge in [-0.05, 0) is 155 Å². The Morgan fingerprint density at radius 1 is 0.625 bits per heavy atom. The minimum absolute atomic E-state index is 0.0766. The summed E-state index contributed by atoms with van der Waals surface area (Å²) in [5, 5.41) is 6.08. The van der Waals surface area contributed by atoms with Gasteiger partial charge in [-0.15, -0.1) is 0 Å². The van der Waals surface area contributed by atoms with Crippen molar-refractivity contribution in [1.29, 1.82) is 0 Å². The topological polar surface area (TPSA) is 97.4 Å². The maximum atomic E-state index is 13.2. The zero-order valence-electron chi connectivity index (χ0n) is 44.2. The number of benzene rings is 6. The van der Waals surface area contributed by atoms with Crippen molar-refractivity contribution >= 4 is 57.1 Å². The van der Waals surface area contributed by atoms with Gasteiger partial charge in [0.15, 0.2) is 0 Å². The Morgan fingerprint density at radius 2 is 1.11 bits per heavy atom. The summed E-state index contributed by atoms with van der Waals surface area (Å²) in [7, 11) is 0. The normalized spacial score (nSPS) is 14.5. The molecule has 0 radical (unpaired) electrons. The lowest BCUT2D eigenvalue weighted by Gasteiger charge is -2.33. The fraction of sp³-hybridized carbons (Fsp3) is 0.381. The molecule has 2 atom stereocenters. The number of nitrogens with zero attached hydrogens (tertiary/aromatic N) is 2. The fourth-order valence-corrected chi connectivity index (χ4v) is 10.8. The monoisotopic (exact) mass is 970 g/mol. The molecular weight excluding hydrogens is 895 g/mol. The van der Waals surface area contributed by atoms with Crippen molar-refractivity contribution < 1.29 is 28.6 Å². The Hall–Kier alpha value is -6.87. The Labute approximate surface area is 428 Å². The van der Waals surface area contributed by atoms with E-state index in [-0.39, 0.29) is 49.7 Å². The molecule has 0 heterocycles. The van der Waals surface area contributed by atoms with Crippen molar-refractivity contribution in [3.63, 3.8) is 0 Å². The first-order chi connectivity index (χ1) is 34.7. The van der Waals surface area contributed by atoms with Gasteiger partial charge in [0.2, 0.25) is 0 Å². The molecule has 0 amide bonds. The van der Waals surface area contributed by atoms with Crippen molar-refractivity contribution in [3.05, 3.63) is 171 Å². The van der Waals surface area contributed by atoms with Gasteiger partial charge in [-0.2, -0.15) is 0 Å². The van der Waals surface area contributed by atoms with Gasteiger partial charge in [-0.3, -0.25) is 9.59 Å². The van der Waals surface area contributed by atoms with Crippen LogP contribution in [0.5, 0.6) is 0 Å². The second kappa shape index (κ2) is 24.5. The largest absolute Gasteiger partial charge is 0.462 e. The van der Waals surface area contributed by atoms with Crippen LogP contribution in [0.3, 0.4) is 0 Å². The molecule has 2 unspecified atom stereocenters. The van der Waals surface area contributed by atoms with E-state index in [9.17, 15) is 14.4 Å². The third kappa shape index (κ3) is 12.8. The number of carbonyl (C=O) groups is 3. The Bertz CT molecular complexity index is 2710. The number of nitrogens with one attached hydrogen (secondary N) is 1. The van der Waals surface area contributed by atoms with Crippen molar-refractivity contribution in [1.82, 2.24) is 0 Å². The summed E-state index contributed by atoms with van der Waals surface area (Å²) in [6, 6.07) is 40.6. The lowest BCUT2D eigenvalue weighted by Crippen LogP contribution is -2.39. The van der Waals surface area contributed by atoms with Crippen molar-refractivity contribution in [3.8, 4) is 0 Å². The minimum atomic E-state index is -0.551. The highest BCUT2D eigenvalue weighted by molar-refractivity contribution is 5.97. The Morgan fingerprint density at radius 3 is 1.62 bits per heavy atom. The van der Waals surface area contributed by atoms with Crippen LogP contribution in [0.4, 0.5) is 28.4 Å². The first kappa shape index (κ1) is 52.9. The number of rotatable bonds is 21. The molecule has 9 heteroatoms. The zero-order valence-corrected chi connectivity index (χ0v) is 44.2. The van der Waals surface area contributed by atoms with Gasteiger partial charge >= 0.3 is 17.9 Å². The van der Waals surface area contributed by atoms with Gasteiger partial charge in [0.25, 0.3) is 0 Å². The van der Waals surface area contributed by atoms with Crippen LogP contribution in [-0.4, -0.2) is 56.4 Å². The van der Waals surface area contributed by atoms with Gasteiger partial charge < -0.3 is 29.3 Å². The van der Waals surface area contributed by atoms with E-state index in [1.54, 1.807) is 6.92 Å². The number of fused-ring (bicyclic) bond motifs is 1. The minimum Gasteiger partial charge on any atom is -0.462 e.